The third-order valence-corrected chi connectivity index (χ3v) is 2.52. The monoisotopic (exact) mass is 210 g/mol. The molecule has 0 fully saturated rings. The van der Waals surface area contributed by atoms with Crippen LogP contribution in [0.3, 0.4) is 0 Å². The molecule has 0 amide bonds. The number of anilines is 1. The van der Waals surface area contributed by atoms with Crippen molar-refractivity contribution in [3.05, 3.63) is 42.9 Å². The van der Waals surface area contributed by atoms with E-state index in [0.29, 0.717) is 5.82 Å². The number of aromatic nitrogens is 3. The van der Waals surface area contributed by atoms with Crippen molar-refractivity contribution >= 4 is 16.9 Å². The predicted molar refractivity (Wildman–Crippen MR) is 63.7 cm³/mol. The summed E-state index contributed by atoms with van der Waals surface area (Å²) in [5.74, 6) is 0.527. The molecule has 4 nitrogen and oxygen atoms in total. The van der Waals surface area contributed by atoms with Crippen molar-refractivity contribution in [2.75, 3.05) is 5.73 Å². The lowest BCUT2D eigenvalue weighted by atomic mass is 10.1. The van der Waals surface area contributed by atoms with Crippen LogP contribution in [0.2, 0.25) is 0 Å². The molecule has 78 valence electrons. The third-order valence-electron chi connectivity index (χ3n) is 2.52. The van der Waals surface area contributed by atoms with Gasteiger partial charge in [0.05, 0.1) is 0 Å². The molecule has 0 aliphatic carbocycles. The Balaban J connectivity index is 2.14. The molecule has 0 spiro atoms. The zero-order chi connectivity index (χ0) is 11.0. The summed E-state index contributed by atoms with van der Waals surface area (Å²) in [5.41, 5.74) is 8.50. The summed E-state index contributed by atoms with van der Waals surface area (Å²) in [7, 11) is 0. The Morgan fingerprint density at radius 3 is 2.69 bits per heavy atom. The SMILES string of the molecule is Nc1ccc(-c2cnc3[nH]ccc3c2)cn1. The van der Waals surface area contributed by atoms with Gasteiger partial charge in [-0.1, -0.05) is 0 Å². The van der Waals surface area contributed by atoms with Gasteiger partial charge in [-0.2, -0.15) is 0 Å². The number of nitrogen functional groups attached to an aromatic ring is 1. The standard InChI is InChI=1S/C12H10N4/c13-11-2-1-9(6-15-11)10-5-8-3-4-14-12(8)16-7-10/h1-7H,(H2,13,15)(H,14,16). The number of hydrogen-bond donors (Lipinski definition) is 2. The first kappa shape index (κ1) is 8.91. The van der Waals surface area contributed by atoms with Crippen molar-refractivity contribution in [2.24, 2.45) is 0 Å². The highest BCUT2D eigenvalue weighted by atomic mass is 14.8. The molecule has 0 radical (unpaired) electrons. The van der Waals surface area contributed by atoms with E-state index in [2.05, 4.69) is 21.0 Å². The first-order chi connectivity index (χ1) is 7.83. The second-order valence-corrected chi connectivity index (χ2v) is 3.61. The molecule has 16 heavy (non-hydrogen) atoms. The Morgan fingerprint density at radius 2 is 1.88 bits per heavy atom. The van der Waals surface area contributed by atoms with E-state index in [9.17, 15) is 0 Å². The van der Waals surface area contributed by atoms with Gasteiger partial charge in [-0.05, 0) is 24.3 Å². The number of nitrogens with zero attached hydrogens (tertiary/aromatic N) is 2. The molecule has 3 heterocycles. The molecule has 0 atom stereocenters. The Hall–Kier alpha value is -2.36. The van der Waals surface area contributed by atoms with Crippen LogP contribution in [0.1, 0.15) is 0 Å². The summed E-state index contributed by atoms with van der Waals surface area (Å²) in [6.45, 7) is 0. The first-order valence-electron chi connectivity index (χ1n) is 4.98. The van der Waals surface area contributed by atoms with Gasteiger partial charge in [0.15, 0.2) is 0 Å². The van der Waals surface area contributed by atoms with Gasteiger partial charge in [-0.3, -0.25) is 0 Å². The van der Waals surface area contributed by atoms with Crippen molar-refractivity contribution in [3.63, 3.8) is 0 Å². The van der Waals surface area contributed by atoms with Crippen molar-refractivity contribution in [1.82, 2.24) is 15.0 Å². The Morgan fingerprint density at radius 1 is 1.00 bits per heavy atom. The molecule has 0 saturated heterocycles. The van der Waals surface area contributed by atoms with Crippen LogP contribution in [-0.2, 0) is 0 Å². The van der Waals surface area contributed by atoms with Crippen molar-refractivity contribution in [1.29, 1.82) is 0 Å². The van der Waals surface area contributed by atoms with Crippen molar-refractivity contribution < 1.29 is 0 Å². The number of H-pyrrole nitrogens is 1. The lowest BCUT2D eigenvalue weighted by Crippen LogP contribution is -1.89. The maximum Gasteiger partial charge on any atom is 0.137 e. The normalized spacial score (nSPS) is 10.8. The van der Waals surface area contributed by atoms with Crippen LogP contribution in [0.25, 0.3) is 22.2 Å². The second-order valence-electron chi connectivity index (χ2n) is 3.61. The average molecular weight is 210 g/mol. The Kier molecular flexibility index (Phi) is 1.86. The van der Waals surface area contributed by atoms with Gasteiger partial charge in [-0.25, -0.2) is 9.97 Å². The topological polar surface area (TPSA) is 67.6 Å². The number of pyridine rings is 2. The van der Waals surface area contributed by atoms with Gasteiger partial charge in [0.25, 0.3) is 0 Å². The summed E-state index contributed by atoms with van der Waals surface area (Å²) in [4.78, 5) is 11.5. The summed E-state index contributed by atoms with van der Waals surface area (Å²) < 4.78 is 0. The molecule has 3 aromatic rings. The highest BCUT2D eigenvalue weighted by Gasteiger charge is 2.01. The van der Waals surface area contributed by atoms with E-state index in [1.54, 1.807) is 12.3 Å². The molecule has 0 bridgehead atoms. The average Bonchev–Trinajstić information content (AvgIpc) is 2.77. The molecular formula is C12H10N4. The minimum absolute atomic E-state index is 0.527. The maximum absolute atomic E-state index is 5.55. The number of aromatic amines is 1. The highest BCUT2D eigenvalue weighted by Crippen LogP contribution is 2.21. The van der Waals surface area contributed by atoms with E-state index in [1.807, 2.05) is 24.5 Å². The van der Waals surface area contributed by atoms with E-state index < -0.39 is 0 Å². The smallest absolute Gasteiger partial charge is 0.137 e. The summed E-state index contributed by atoms with van der Waals surface area (Å²) in [5, 5.41) is 1.09. The zero-order valence-electron chi connectivity index (χ0n) is 8.51. The fourth-order valence-corrected chi connectivity index (χ4v) is 1.67. The lowest BCUT2D eigenvalue weighted by Gasteiger charge is -2.01. The predicted octanol–water partition coefficient (Wildman–Crippen LogP) is 2.21. The number of hydrogen-bond acceptors (Lipinski definition) is 3. The second kappa shape index (κ2) is 3.34. The molecule has 0 saturated carbocycles. The summed E-state index contributed by atoms with van der Waals surface area (Å²) in [6, 6.07) is 7.80. The van der Waals surface area contributed by atoms with Gasteiger partial charge in [-0.15, -0.1) is 0 Å². The van der Waals surface area contributed by atoms with Crippen LogP contribution in [-0.4, -0.2) is 15.0 Å². The quantitative estimate of drug-likeness (QED) is 0.647. The highest BCUT2D eigenvalue weighted by molar-refractivity contribution is 5.81. The summed E-state index contributed by atoms with van der Waals surface area (Å²) in [6.07, 6.45) is 5.46. The molecule has 4 heteroatoms. The number of nitrogens with one attached hydrogen (secondary N) is 1. The van der Waals surface area contributed by atoms with E-state index in [0.717, 1.165) is 22.2 Å². The maximum atomic E-state index is 5.55. The molecule has 3 N–H and O–H groups in total. The molecule has 3 aromatic heterocycles. The fraction of sp³-hybridized carbons (Fsp3) is 0. The molecule has 3 rings (SSSR count). The molecule has 0 aromatic carbocycles. The van der Waals surface area contributed by atoms with Gasteiger partial charge < -0.3 is 10.7 Å². The van der Waals surface area contributed by atoms with Gasteiger partial charge in [0.1, 0.15) is 11.5 Å². The van der Waals surface area contributed by atoms with Gasteiger partial charge in [0, 0.05) is 35.1 Å². The number of fused-ring (bicyclic) bond motifs is 1. The van der Waals surface area contributed by atoms with Crippen molar-refractivity contribution in [2.45, 2.75) is 0 Å². The largest absolute Gasteiger partial charge is 0.384 e. The van der Waals surface area contributed by atoms with Crippen LogP contribution in [0.15, 0.2) is 42.9 Å². The van der Waals surface area contributed by atoms with Gasteiger partial charge >= 0.3 is 0 Å². The Labute approximate surface area is 92.2 Å². The van der Waals surface area contributed by atoms with Gasteiger partial charge in [0.2, 0.25) is 0 Å². The molecule has 0 unspecified atom stereocenters. The molecular weight excluding hydrogens is 200 g/mol. The number of nitrogens with two attached hydrogens (primary N) is 1. The zero-order valence-corrected chi connectivity index (χ0v) is 8.51. The lowest BCUT2D eigenvalue weighted by molar-refractivity contribution is 1.31. The van der Waals surface area contributed by atoms with E-state index >= 15 is 0 Å². The van der Waals surface area contributed by atoms with Crippen LogP contribution in [0.4, 0.5) is 5.82 Å². The molecule has 0 aliphatic rings. The number of rotatable bonds is 1. The molecule has 0 aliphatic heterocycles. The van der Waals surface area contributed by atoms with Crippen LogP contribution < -0.4 is 5.73 Å². The van der Waals surface area contributed by atoms with Crippen LogP contribution in [0, 0.1) is 0 Å². The minimum atomic E-state index is 0.527. The van der Waals surface area contributed by atoms with Crippen LogP contribution in [0.5, 0.6) is 0 Å². The first-order valence-corrected chi connectivity index (χ1v) is 4.98. The van der Waals surface area contributed by atoms with Crippen molar-refractivity contribution in [3.8, 4) is 11.1 Å². The van der Waals surface area contributed by atoms with E-state index in [-0.39, 0.29) is 0 Å². The summed E-state index contributed by atoms with van der Waals surface area (Å²) >= 11 is 0. The third kappa shape index (κ3) is 1.40. The van der Waals surface area contributed by atoms with E-state index in [4.69, 9.17) is 5.73 Å². The van der Waals surface area contributed by atoms with Crippen LogP contribution >= 0.6 is 0 Å². The Bertz CT molecular complexity index is 625. The van der Waals surface area contributed by atoms with E-state index in [1.165, 1.54) is 0 Å². The fourth-order valence-electron chi connectivity index (χ4n) is 1.67. The minimum Gasteiger partial charge on any atom is -0.384 e.